The molecule has 1 N–H and O–H groups in total. The smallest absolute Gasteiger partial charge is 0.220 e. The van der Waals surface area contributed by atoms with Crippen molar-refractivity contribution in [2.75, 3.05) is 0 Å². The zero-order chi connectivity index (χ0) is 18.4. The molecule has 0 radical (unpaired) electrons. The highest BCUT2D eigenvalue weighted by Gasteiger charge is 2.10. The Kier molecular flexibility index (Phi) is 5.81. The average molecular weight is 368 g/mol. The molecule has 3 aromatic rings. The van der Waals surface area contributed by atoms with Crippen LogP contribution in [0.4, 0.5) is 0 Å². The Morgan fingerprint density at radius 1 is 1.00 bits per heavy atom. The molecule has 1 aromatic heterocycles. The number of Topliss-reactive ketones (excluding diaryl/α,β-unsaturated/α-hetero) is 1. The maximum absolute atomic E-state index is 12.1. The number of hydrogen-bond donors (Lipinski definition) is 1. The summed E-state index contributed by atoms with van der Waals surface area (Å²) in [5.41, 5.74) is 2.41. The van der Waals surface area contributed by atoms with Crippen LogP contribution in [0, 0.1) is 0 Å². The van der Waals surface area contributed by atoms with Crippen LogP contribution in [0.15, 0.2) is 67.0 Å². The zero-order valence-electron chi connectivity index (χ0n) is 14.1. The van der Waals surface area contributed by atoms with Crippen molar-refractivity contribution in [1.29, 1.82) is 0 Å². The molecule has 5 nitrogen and oxygen atoms in total. The van der Waals surface area contributed by atoms with Gasteiger partial charge in [-0.1, -0.05) is 29.8 Å². The largest absolute Gasteiger partial charge is 0.352 e. The molecule has 0 unspecified atom stereocenters. The van der Waals surface area contributed by atoms with Crippen molar-refractivity contribution >= 4 is 23.3 Å². The molecule has 0 aliphatic carbocycles. The molecular weight excluding hydrogens is 350 g/mol. The van der Waals surface area contributed by atoms with E-state index in [-0.39, 0.29) is 24.5 Å². The van der Waals surface area contributed by atoms with E-state index in [1.807, 2.05) is 36.5 Å². The summed E-state index contributed by atoms with van der Waals surface area (Å²) in [7, 11) is 0. The first kappa shape index (κ1) is 17.9. The molecule has 0 saturated heterocycles. The SMILES string of the molecule is O=C(CCC(=O)c1ccc(Cl)cc1)NCc1cnn(-c2ccccc2)c1. The van der Waals surface area contributed by atoms with Gasteiger partial charge in [-0.3, -0.25) is 9.59 Å². The number of hydrogen-bond acceptors (Lipinski definition) is 3. The van der Waals surface area contributed by atoms with Crippen LogP contribution in [0.2, 0.25) is 5.02 Å². The molecule has 1 amide bonds. The van der Waals surface area contributed by atoms with Crippen LogP contribution in [0.3, 0.4) is 0 Å². The second-order valence-electron chi connectivity index (χ2n) is 5.84. The summed E-state index contributed by atoms with van der Waals surface area (Å²) in [5.74, 6) is -0.242. The zero-order valence-corrected chi connectivity index (χ0v) is 14.8. The first-order valence-electron chi connectivity index (χ1n) is 8.26. The Morgan fingerprint density at radius 2 is 1.73 bits per heavy atom. The summed E-state index contributed by atoms with van der Waals surface area (Å²) < 4.78 is 1.76. The second-order valence-corrected chi connectivity index (χ2v) is 6.27. The summed E-state index contributed by atoms with van der Waals surface area (Å²) >= 11 is 5.80. The third-order valence-electron chi connectivity index (χ3n) is 3.89. The number of rotatable bonds is 7. The highest BCUT2D eigenvalue weighted by atomic mass is 35.5. The Labute approximate surface area is 156 Å². The van der Waals surface area contributed by atoms with Crippen LogP contribution in [-0.4, -0.2) is 21.5 Å². The van der Waals surface area contributed by atoms with Crippen molar-refractivity contribution in [3.8, 4) is 5.69 Å². The molecule has 0 bridgehead atoms. The highest BCUT2D eigenvalue weighted by molar-refractivity contribution is 6.30. The number of nitrogens with zero attached hydrogens (tertiary/aromatic N) is 2. The molecule has 2 aromatic carbocycles. The first-order chi connectivity index (χ1) is 12.6. The van der Waals surface area contributed by atoms with E-state index in [0.29, 0.717) is 17.1 Å². The minimum Gasteiger partial charge on any atom is -0.352 e. The molecule has 26 heavy (non-hydrogen) atoms. The molecule has 0 aliphatic rings. The fourth-order valence-corrected chi connectivity index (χ4v) is 2.60. The van der Waals surface area contributed by atoms with Crippen LogP contribution in [0.1, 0.15) is 28.8 Å². The number of halogens is 1. The average Bonchev–Trinajstić information content (AvgIpc) is 3.15. The van der Waals surface area contributed by atoms with Gasteiger partial charge in [0.15, 0.2) is 5.78 Å². The fraction of sp³-hybridized carbons (Fsp3) is 0.150. The Bertz CT molecular complexity index is 889. The van der Waals surface area contributed by atoms with Crippen LogP contribution in [0.25, 0.3) is 5.69 Å². The van der Waals surface area contributed by atoms with Gasteiger partial charge in [0.2, 0.25) is 5.91 Å². The molecule has 3 rings (SSSR count). The van der Waals surface area contributed by atoms with E-state index in [2.05, 4.69) is 10.4 Å². The van der Waals surface area contributed by atoms with Gasteiger partial charge in [-0.25, -0.2) is 4.68 Å². The van der Waals surface area contributed by atoms with Crippen LogP contribution < -0.4 is 5.32 Å². The molecular formula is C20H18ClN3O2. The van der Waals surface area contributed by atoms with Gasteiger partial charge in [-0.15, -0.1) is 0 Å². The van der Waals surface area contributed by atoms with Crippen molar-refractivity contribution < 1.29 is 9.59 Å². The Hall–Kier alpha value is -2.92. The third-order valence-corrected chi connectivity index (χ3v) is 4.14. The standard InChI is InChI=1S/C20H18ClN3O2/c21-17-8-6-16(7-9-17)19(25)10-11-20(26)22-12-15-13-23-24(14-15)18-4-2-1-3-5-18/h1-9,13-14H,10-12H2,(H,22,26). The number of amides is 1. The third kappa shape index (κ3) is 4.80. The molecule has 0 saturated carbocycles. The molecule has 1 heterocycles. The number of ketones is 1. The lowest BCUT2D eigenvalue weighted by Gasteiger charge is -2.04. The van der Waals surface area contributed by atoms with Crippen LogP contribution in [-0.2, 0) is 11.3 Å². The summed E-state index contributed by atoms with van der Waals surface area (Å²) in [6, 6.07) is 16.4. The molecule has 0 fully saturated rings. The lowest BCUT2D eigenvalue weighted by molar-refractivity contribution is -0.121. The Morgan fingerprint density at radius 3 is 2.46 bits per heavy atom. The van der Waals surface area contributed by atoms with Gasteiger partial charge in [0.25, 0.3) is 0 Å². The maximum atomic E-state index is 12.1. The van der Waals surface area contributed by atoms with Crippen molar-refractivity contribution in [2.24, 2.45) is 0 Å². The van der Waals surface area contributed by atoms with E-state index in [9.17, 15) is 9.59 Å². The summed E-state index contributed by atoms with van der Waals surface area (Å²) in [5, 5.41) is 7.68. The topological polar surface area (TPSA) is 64.0 Å². The molecule has 0 spiro atoms. The molecule has 0 atom stereocenters. The predicted molar refractivity (Wildman–Crippen MR) is 100 cm³/mol. The number of aromatic nitrogens is 2. The van der Waals surface area contributed by atoms with Crippen molar-refractivity contribution in [2.45, 2.75) is 19.4 Å². The van der Waals surface area contributed by atoms with E-state index < -0.39 is 0 Å². The van der Waals surface area contributed by atoms with Crippen LogP contribution >= 0.6 is 11.6 Å². The minimum atomic E-state index is -0.167. The minimum absolute atomic E-state index is 0.0753. The number of carbonyl (C=O) groups is 2. The van der Waals surface area contributed by atoms with E-state index in [4.69, 9.17) is 11.6 Å². The van der Waals surface area contributed by atoms with Gasteiger partial charge >= 0.3 is 0 Å². The number of carbonyl (C=O) groups excluding carboxylic acids is 2. The second kappa shape index (κ2) is 8.45. The predicted octanol–water partition coefficient (Wildman–Crippen LogP) is 3.81. The summed E-state index contributed by atoms with van der Waals surface area (Å²) in [4.78, 5) is 24.0. The lowest BCUT2D eigenvalue weighted by Crippen LogP contribution is -2.23. The van der Waals surface area contributed by atoms with Gasteiger partial charge in [-0.2, -0.15) is 5.10 Å². The molecule has 6 heteroatoms. The lowest BCUT2D eigenvalue weighted by atomic mass is 10.1. The summed E-state index contributed by atoms with van der Waals surface area (Å²) in [6.45, 7) is 0.376. The Balaban J connectivity index is 1.46. The quantitative estimate of drug-likeness (QED) is 0.646. The maximum Gasteiger partial charge on any atom is 0.220 e. The van der Waals surface area contributed by atoms with Gasteiger partial charge in [0.1, 0.15) is 0 Å². The van der Waals surface area contributed by atoms with E-state index in [1.165, 1.54) is 0 Å². The monoisotopic (exact) mass is 367 g/mol. The molecule has 0 aliphatic heterocycles. The highest BCUT2D eigenvalue weighted by Crippen LogP contribution is 2.12. The molecule has 132 valence electrons. The van der Waals surface area contributed by atoms with Gasteiger partial charge in [-0.05, 0) is 36.4 Å². The number of nitrogens with one attached hydrogen (secondary N) is 1. The number of benzene rings is 2. The van der Waals surface area contributed by atoms with Gasteiger partial charge in [0.05, 0.1) is 11.9 Å². The van der Waals surface area contributed by atoms with Gasteiger partial charge in [0, 0.05) is 41.7 Å². The van der Waals surface area contributed by atoms with E-state index in [0.717, 1.165) is 11.3 Å². The fourth-order valence-electron chi connectivity index (χ4n) is 2.47. The van der Waals surface area contributed by atoms with Crippen molar-refractivity contribution in [3.05, 3.63) is 83.1 Å². The van der Waals surface area contributed by atoms with Gasteiger partial charge < -0.3 is 5.32 Å². The van der Waals surface area contributed by atoms with E-state index >= 15 is 0 Å². The first-order valence-corrected chi connectivity index (χ1v) is 8.64. The van der Waals surface area contributed by atoms with Crippen molar-refractivity contribution in [1.82, 2.24) is 15.1 Å². The van der Waals surface area contributed by atoms with E-state index in [1.54, 1.807) is 35.1 Å². The van der Waals surface area contributed by atoms with Crippen molar-refractivity contribution in [3.63, 3.8) is 0 Å². The summed E-state index contributed by atoms with van der Waals surface area (Å²) in [6.07, 6.45) is 3.89. The van der Waals surface area contributed by atoms with Crippen LogP contribution in [0.5, 0.6) is 0 Å². The normalized spacial score (nSPS) is 10.5. The number of para-hydroxylation sites is 1.